The third-order valence-electron chi connectivity index (χ3n) is 4.20. The van der Waals surface area contributed by atoms with Crippen molar-refractivity contribution < 1.29 is 27.8 Å². The summed E-state index contributed by atoms with van der Waals surface area (Å²) in [7, 11) is -1.03. The molecule has 0 aromatic heterocycles. The third-order valence-corrected chi connectivity index (χ3v) is 5.67. The molecule has 0 unspecified atom stereocenters. The average molecular weight is 362 g/mol. The van der Waals surface area contributed by atoms with Gasteiger partial charge in [0.15, 0.2) is 0 Å². The monoisotopic (exact) mass is 362 g/mol. The molecule has 9 heteroatoms. The van der Waals surface area contributed by atoms with Gasteiger partial charge in [-0.3, -0.25) is 0 Å². The molecular weight excluding hydrogens is 339 g/mol. The first-order chi connectivity index (χ1) is 11.0. The van der Waals surface area contributed by atoms with Crippen LogP contribution in [0.2, 0.25) is 0 Å². The number of aliphatic hydroxyl groups excluding tert-OH is 1. The zero-order chi connectivity index (χ0) is 18.1. The Labute approximate surface area is 141 Å². The van der Waals surface area contributed by atoms with Crippen LogP contribution < -0.4 is 4.72 Å². The summed E-state index contributed by atoms with van der Waals surface area (Å²) in [5.74, 6) is -0.392. The van der Waals surface area contributed by atoms with Gasteiger partial charge >= 0.3 is 0 Å². The zero-order valence-corrected chi connectivity index (χ0v) is 14.6. The lowest BCUT2D eigenvalue weighted by atomic mass is 9.82. The predicted octanol–water partition coefficient (Wildman–Crippen LogP) is 0.164. The average Bonchev–Trinajstić information content (AvgIpc) is 2.51. The summed E-state index contributed by atoms with van der Waals surface area (Å²) in [6.07, 6.45) is -2.60. The number of rotatable bonds is 5. The first kappa shape index (κ1) is 19.2. The minimum absolute atomic E-state index is 0.0277. The first-order valence-electron chi connectivity index (χ1n) is 7.53. The van der Waals surface area contributed by atoms with Crippen molar-refractivity contribution in [1.29, 1.82) is 0 Å². The smallest absolute Gasteiger partial charge is 0.279 e. The van der Waals surface area contributed by atoms with Gasteiger partial charge in [0, 0.05) is 27.1 Å². The Morgan fingerprint density at radius 2 is 1.96 bits per heavy atom. The van der Waals surface area contributed by atoms with Gasteiger partial charge in [-0.25, -0.2) is 4.39 Å². The van der Waals surface area contributed by atoms with Crippen molar-refractivity contribution in [2.24, 2.45) is 0 Å². The van der Waals surface area contributed by atoms with Crippen molar-refractivity contribution >= 4 is 10.2 Å². The van der Waals surface area contributed by atoms with Gasteiger partial charge in [-0.05, 0) is 24.6 Å². The van der Waals surface area contributed by atoms with Crippen molar-refractivity contribution in [2.75, 3.05) is 20.6 Å². The molecule has 3 N–H and O–H groups in total. The van der Waals surface area contributed by atoms with E-state index in [4.69, 9.17) is 4.74 Å². The Morgan fingerprint density at radius 3 is 2.50 bits per heavy atom. The molecule has 4 atom stereocenters. The van der Waals surface area contributed by atoms with Gasteiger partial charge in [-0.1, -0.05) is 12.1 Å². The Bertz CT molecular complexity index is 667. The maximum Gasteiger partial charge on any atom is 0.279 e. The summed E-state index contributed by atoms with van der Waals surface area (Å²) in [5, 5.41) is 21.0. The molecule has 1 saturated heterocycles. The van der Waals surface area contributed by atoms with Gasteiger partial charge in [0.1, 0.15) is 17.5 Å². The molecule has 1 aliphatic rings. The lowest BCUT2D eigenvalue weighted by Crippen LogP contribution is -2.60. The number of halogens is 1. The fraction of sp³-hybridized carbons (Fsp3) is 0.600. The molecule has 0 spiro atoms. The van der Waals surface area contributed by atoms with E-state index in [1.165, 1.54) is 38.4 Å². The molecule has 0 bridgehead atoms. The Balaban J connectivity index is 2.19. The van der Waals surface area contributed by atoms with Crippen LogP contribution in [0.1, 0.15) is 25.0 Å². The molecule has 1 aliphatic heterocycles. The standard InChI is InChI=1S/C15H23FN2O5S/c1-10-14(19)15(20,9-17-24(21,22)18(2)3)8-13(23-10)11-4-6-12(16)7-5-11/h4-7,10,13-14,17,19-20H,8-9H2,1-3H3/t10-,13-,14-,15-/m1/s1. The zero-order valence-electron chi connectivity index (χ0n) is 13.8. The minimum atomic E-state index is -3.74. The Hall–Kier alpha value is -1.10. The van der Waals surface area contributed by atoms with Crippen LogP contribution in [0, 0.1) is 5.82 Å². The van der Waals surface area contributed by atoms with Crippen LogP contribution in [0.15, 0.2) is 24.3 Å². The number of aliphatic hydroxyl groups is 2. The molecule has 1 aromatic carbocycles. The van der Waals surface area contributed by atoms with Crippen molar-refractivity contribution in [2.45, 2.75) is 37.3 Å². The van der Waals surface area contributed by atoms with Crippen molar-refractivity contribution in [1.82, 2.24) is 9.03 Å². The summed E-state index contributed by atoms with van der Waals surface area (Å²) in [5.41, 5.74) is -1.07. The van der Waals surface area contributed by atoms with Gasteiger partial charge in [-0.15, -0.1) is 0 Å². The van der Waals surface area contributed by atoms with Crippen LogP contribution in [-0.4, -0.2) is 61.4 Å². The second kappa shape index (κ2) is 7.03. The van der Waals surface area contributed by atoms with Gasteiger partial charge in [0.2, 0.25) is 0 Å². The van der Waals surface area contributed by atoms with E-state index in [9.17, 15) is 23.0 Å². The lowest BCUT2D eigenvalue weighted by molar-refractivity contribution is -0.209. The Morgan fingerprint density at radius 1 is 1.38 bits per heavy atom. The van der Waals surface area contributed by atoms with E-state index in [1.807, 2.05) is 0 Å². The molecule has 24 heavy (non-hydrogen) atoms. The van der Waals surface area contributed by atoms with E-state index >= 15 is 0 Å². The summed E-state index contributed by atoms with van der Waals surface area (Å²) in [6.45, 7) is 1.23. The summed E-state index contributed by atoms with van der Waals surface area (Å²) in [6, 6.07) is 5.63. The highest BCUT2D eigenvalue weighted by molar-refractivity contribution is 7.87. The number of nitrogens with zero attached hydrogens (tertiary/aromatic N) is 1. The topological polar surface area (TPSA) is 99.1 Å². The number of benzene rings is 1. The van der Waals surface area contributed by atoms with Crippen molar-refractivity contribution in [3.05, 3.63) is 35.6 Å². The number of ether oxygens (including phenoxy) is 1. The second-order valence-corrected chi connectivity index (χ2v) is 8.21. The van der Waals surface area contributed by atoms with E-state index in [0.29, 0.717) is 5.56 Å². The van der Waals surface area contributed by atoms with Crippen LogP contribution in [0.5, 0.6) is 0 Å². The normalized spacial score (nSPS) is 31.4. The van der Waals surface area contributed by atoms with Gasteiger partial charge in [0.25, 0.3) is 10.2 Å². The summed E-state index contributed by atoms with van der Waals surface area (Å²) >= 11 is 0. The summed E-state index contributed by atoms with van der Waals surface area (Å²) in [4.78, 5) is 0. The highest BCUT2D eigenvalue weighted by Crippen LogP contribution is 2.37. The fourth-order valence-corrected chi connectivity index (χ4v) is 3.35. The maximum atomic E-state index is 13.1. The van der Waals surface area contributed by atoms with Crippen LogP contribution >= 0.6 is 0 Å². The third kappa shape index (κ3) is 4.11. The number of hydrogen-bond donors (Lipinski definition) is 3. The highest BCUT2D eigenvalue weighted by atomic mass is 32.2. The molecule has 0 saturated carbocycles. The van der Waals surface area contributed by atoms with Crippen LogP contribution in [0.3, 0.4) is 0 Å². The molecule has 0 amide bonds. The van der Waals surface area contributed by atoms with E-state index in [0.717, 1.165) is 4.31 Å². The molecule has 136 valence electrons. The second-order valence-electron chi connectivity index (χ2n) is 6.24. The minimum Gasteiger partial charge on any atom is -0.387 e. The van der Waals surface area contributed by atoms with Crippen molar-refractivity contribution in [3.8, 4) is 0 Å². The quantitative estimate of drug-likeness (QED) is 0.693. The molecule has 0 radical (unpaired) electrons. The molecule has 2 rings (SSSR count). The van der Waals surface area contributed by atoms with E-state index in [2.05, 4.69) is 4.72 Å². The highest BCUT2D eigenvalue weighted by Gasteiger charge is 2.47. The number of hydrogen-bond acceptors (Lipinski definition) is 5. The lowest BCUT2D eigenvalue weighted by Gasteiger charge is -2.44. The Kier molecular flexibility index (Phi) is 5.63. The summed E-state index contributed by atoms with van der Waals surface area (Å²) < 4.78 is 45.7. The molecule has 0 aliphatic carbocycles. The predicted molar refractivity (Wildman–Crippen MR) is 85.9 cm³/mol. The maximum absolute atomic E-state index is 13.1. The van der Waals surface area contributed by atoms with Crippen molar-refractivity contribution in [3.63, 3.8) is 0 Å². The largest absolute Gasteiger partial charge is 0.387 e. The van der Waals surface area contributed by atoms with Crippen LogP contribution in [0.25, 0.3) is 0 Å². The van der Waals surface area contributed by atoms with Crippen LogP contribution in [0.4, 0.5) is 4.39 Å². The molecule has 1 aromatic rings. The molecule has 1 fully saturated rings. The van der Waals surface area contributed by atoms with Gasteiger partial charge < -0.3 is 14.9 Å². The fourth-order valence-electron chi connectivity index (χ4n) is 2.66. The van der Waals surface area contributed by atoms with Crippen LogP contribution in [-0.2, 0) is 14.9 Å². The molecule has 7 nitrogen and oxygen atoms in total. The molecular formula is C15H23FN2O5S. The van der Waals surface area contributed by atoms with E-state index in [1.54, 1.807) is 6.92 Å². The van der Waals surface area contributed by atoms with E-state index in [-0.39, 0.29) is 13.0 Å². The van der Waals surface area contributed by atoms with Gasteiger partial charge in [0.05, 0.1) is 12.2 Å². The SMILES string of the molecule is C[C@H]1O[C@@H](c2ccc(F)cc2)C[C@@](O)(CNS(=O)(=O)N(C)C)[C@@H]1O. The van der Waals surface area contributed by atoms with Gasteiger partial charge in [-0.2, -0.15) is 17.4 Å². The van der Waals surface area contributed by atoms with E-state index < -0.39 is 39.9 Å². The number of nitrogens with one attached hydrogen (secondary N) is 1. The first-order valence-corrected chi connectivity index (χ1v) is 8.98. The molecule has 1 heterocycles.